The van der Waals surface area contributed by atoms with Gasteiger partial charge in [-0.05, 0) is 22.8 Å². The van der Waals surface area contributed by atoms with Gasteiger partial charge in [0.05, 0.1) is 10.6 Å². The van der Waals surface area contributed by atoms with Crippen LogP contribution in [0.15, 0.2) is 39.7 Å². The van der Waals surface area contributed by atoms with Crippen LogP contribution in [0.25, 0.3) is 21.7 Å². The average Bonchev–Trinajstić information content (AvgIpc) is 2.77. The van der Waals surface area contributed by atoms with Crippen LogP contribution in [0.4, 0.5) is 5.13 Å². The van der Waals surface area contributed by atoms with Crippen LogP contribution in [0.2, 0.25) is 0 Å². The minimum Gasteiger partial charge on any atom is -0.235 e. The van der Waals surface area contributed by atoms with E-state index in [0.29, 0.717) is 10.8 Å². The topological polar surface area (TPSA) is 95.8 Å². The summed E-state index contributed by atoms with van der Waals surface area (Å²) in [4.78, 5) is 6.74. The standard InChI is InChI=1S/C9H5ClN4O2S2/c10-18(15,16)7-3-1-6(2-4-7)8-5-17-9(12-8)13-14-11/h1-5H. The quantitative estimate of drug-likeness (QED) is 0.374. The summed E-state index contributed by atoms with van der Waals surface area (Å²) >= 11 is 1.20. The highest BCUT2D eigenvalue weighted by Crippen LogP contribution is 2.27. The van der Waals surface area contributed by atoms with Crippen LogP contribution in [0.5, 0.6) is 0 Å². The summed E-state index contributed by atoms with van der Waals surface area (Å²) in [6, 6.07) is 5.96. The molecule has 92 valence electrons. The van der Waals surface area contributed by atoms with Crippen LogP contribution in [-0.2, 0) is 9.05 Å². The normalized spacial score (nSPS) is 10.9. The number of hydrogen-bond donors (Lipinski definition) is 0. The van der Waals surface area contributed by atoms with E-state index in [4.69, 9.17) is 16.2 Å². The number of hydrogen-bond acceptors (Lipinski definition) is 5. The average molecular weight is 301 g/mol. The number of halogens is 1. The van der Waals surface area contributed by atoms with Crippen molar-refractivity contribution in [2.45, 2.75) is 4.90 Å². The van der Waals surface area contributed by atoms with E-state index >= 15 is 0 Å². The molecule has 0 spiro atoms. The van der Waals surface area contributed by atoms with E-state index in [1.54, 1.807) is 17.5 Å². The number of nitrogens with zero attached hydrogens (tertiary/aromatic N) is 4. The first kappa shape index (κ1) is 12.8. The second-order valence-corrected chi connectivity index (χ2v) is 6.57. The molecule has 9 heteroatoms. The predicted octanol–water partition coefficient (Wildman–Crippen LogP) is 3.68. The highest BCUT2D eigenvalue weighted by molar-refractivity contribution is 8.13. The molecule has 0 saturated heterocycles. The Morgan fingerprint density at radius 2 is 2.00 bits per heavy atom. The lowest BCUT2D eigenvalue weighted by molar-refractivity contribution is 0.609. The highest BCUT2D eigenvalue weighted by Gasteiger charge is 2.10. The van der Waals surface area contributed by atoms with Gasteiger partial charge in [0, 0.05) is 26.5 Å². The summed E-state index contributed by atoms with van der Waals surface area (Å²) in [6.07, 6.45) is 0. The molecular formula is C9H5ClN4O2S2. The number of benzene rings is 1. The van der Waals surface area contributed by atoms with Gasteiger partial charge in [-0.1, -0.05) is 12.1 Å². The summed E-state index contributed by atoms with van der Waals surface area (Å²) in [5.74, 6) is 0. The Bertz CT molecular complexity index is 717. The van der Waals surface area contributed by atoms with Crippen molar-refractivity contribution in [3.63, 3.8) is 0 Å². The van der Waals surface area contributed by atoms with Gasteiger partial charge in [0.1, 0.15) is 0 Å². The molecule has 0 unspecified atom stereocenters. The van der Waals surface area contributed by atoms with E-state index in [1.807, 2.05) is 0 Å². The maximum Gasteiger partial charge on any atom is 0.261 e. The molecule has 6 nitrogen and oxygen atoms in total. The zero-order chi connectivity index (χ0) is 13.2. The van der Waals surface area contributed by atoms with Crippen LogP contribution in [0.1, 0.15) is 0 Å². The Morgan fingerprint density at radius 3 is 2.56 bits per heavy atom. The fourth-order valence-electron chi connectivity index (χ4n) is 1.27. The molecule has 0 aliphatic carbocycles. The number of aromatic nitrogens is 1. The first-order valence-corrected chi connectivity index (χ1v) is 7.75. The molecule has 0 amide bonds. The summed E-state index contributed by atoms with van der Waals surface area (Å²) in [5.41, 5.74) is 9.60. The molecular weight excluding hydrogens is 296 g/mol. The summed E-state index contributed by atoms with van der Waals surface area (Å²) in [7, 11) is 1.49. The van der Waals surface area contributed by atoms with Gasteiger partial charge in [0.15, 0.2) is 5.13 Å². The van der Waals surface area contributed by atoms with E-state index in [0.717, 1.165) is 5.56 Å². The monoisotopic (exact) mass is 300 g/mol. The molecule has 0 radical (unpaired) electrons. The molecule has 0 saturated carbocycles. The van der Waals surface area contributed by atoms with Crippen molar-refractivity contribution in [2.24, 2.45) is 5.11 Å². The van der Waals surface area contributed by atoms with Gasteiger partial charge in [0.25, 0.3) is 9.05 Å². The van der Waals surface area contributed by atoms with Gasteiger partial charge < -0.3 is 0 Å². The third-order valence-corrected chi connectivity index (χ3v) is 4.15. The SMILES string of the molecule is [N-]=[N+]=Nc1nc(-c2ccc(S(=O)(=O)Cl)cc2)cs1. The van der Waals surface area contributed by atoms with Crippen molar-refractivity contribution in [3.05, 3.63) is 40.1 Å². The van der Waals surface area contributed by atoms with Crippen molar-refractivity contribution in [1.29, 1.82) is 0 Å². The van der Waals surface area contributed by atoms with Gasteiger partial charge in [-0.25, -0.2) is 13.4 Å². The zero-order valence-corrected chi connectivity index (χ0v) is 11.1. The third kappa shape index (κ3) is 2.80. The minimum atomic E-state index is -3.72. The minimum absolute atomic E-state index is 0.0263. The van der Waals surface area contributed by atoms with Gasteiger partial charge in [0.2, 0.25) is 0 Å². The van der Waals surface area contributed by atoms with Crippen LogP contribution in [-0.4, -0.2) is 13.4 Å². The molecule has 2 rings (SSSR count). The van der Waals surface area contributed by atoms with E-state index < -0.39 is 9.05 Å². The van der Waals surface area contributed by atoms with Gasteiger partial charge >= 0.3 is 0 Å². The molecule has 1 aromatic carbocycles. The van der Waals surface area contributed by atoms with E-state index in [2.05, 4.69) is 15.0 Å². The summed E-state index contributed by atoms with van der Waals surface area (Å²) in [6.45, 7) is 0. The van der Waals surface area contributed by atoms with Crippen molar-refractivity contribution >= 4 is 36.2 Å². The number of rotatable bonds is 3. The van der Waals surface area contributed by atoms with Gasteiger partial charge in [-0.3, -0.25) is 0 Å². The summed E-state index contributed by atoms with van der Waals surface area (Å²) < 4.78 is 22.1. The molecule has 1 aromatic heterocycles. The van der Waals surface area contributed by atoms with Crippen molar-refractivity contribution < 1.29 is 8.42 Å². The molecule has 0 atom stereocenters. The van der Waals surface area contributed by atoms with Crippen molar-refractivity contribution in [2.75, 3.05) is 0 Å². The lowest BCUT2D eigenvalue weighted by Gasteiger charge is -1.98. The zero-order valence-electron chi connectivity index (χ0n) is 8.69. The molecule has 2 aromatic rings. The summed E-state index contributed by atoms with van der Waals surface area (Å²) in [5, 5.41) is 5.40. The molecule has 0 N–H and O–H groups in total. The van der Waals surface area contributed by atoms with Crippen molar-refractivity contribution in [1.82, 2.24) is 4.98 Å². The first-order chi connectivity index (χ1) is 8.50. The van der Waals surface area contributed by atoms with Crippen LogP contribution >= 0.6 is 22.0 Å². The first-order valence-electron chi connectivity index (χ1n) is 4.56. The van der Waals surface area contributed by atoms with E-state index in [1.165, 1.54) is 23.5 Å². The van der Waals surface area contributed by atoms with Crippen LogP contribution in [0.3, 0.4) is 0 Å². The predicted molar refractivity (Wildman–Crippen MR) is 69.4 cm³/mol. The van der Waals surface area contributed by atoms with Crippen LogP contribution < -0.4 is 0 Å². The molecule has 0 fully saturated rings. The second-order valence-electron chi connectivity index (χ2n) is 3.17. The molecule has 0 bridgehead atoms. The molecule has 18 heavy (non-hydrogen) atoms. The maximum absolute atomic E-state index is 11.1. The maximum atomic E-state index is 11.1. The number of azide groups is 1. The Balaban J connectivity index is 2.37. The van der Waals surface area contributed by atoms with Gasteiger partial charge in [-0.15, -0.1) is 11.3 Å². The fourth-order valence-corrected chi connectivity index (χ4v) is 2.68. The Morgan fingerprint density at radius 1 is 1.33 bits per heavy atom. The molecule has 0 aliphatic rings. The Labute approximate surface area is 111 Å². The third-order valence-electron chi connectivity index (χ3n) is 2.05. The van der Waals surface area contributed by atoms with Gasteiger partial charge in [-0.2, -0.15) is 0 Å². The lowest BCUT2D eigenvalue weighted by atomic mass is 10.2. The fraction of sp³-hybridized carbons (Fsp3) is 0. The van der Waals surface area contributed by atoms with Crippen LogP contribution in [0, 0.1) is 0 Å². The van der Waals surface area contributed by atoms with E-state index in [-0.39, 0.29) is 4.90 Å². The lowest BCUT2D eigenvalue weighted by Crippen LogP contribution is -1.89. The second kappa shape index (κ2) is 4.95. The highest BCUT2D eigenvalue weighted by atomic mass is 35.7. The Hall–Kier alpha value is -1.60. The van der Waals surface area contributed by atoms with Crippen molar-refractivity contribution in [3.8, 4) is 11.3 Å². The number of thiazole rings is 1. The molecule has 0 aliphatic heterocycles. The van der Waals surface area contributed by atoms with E-state index in [9.17, 15) is 8.42 Å². The Kier molecular flexibility index (Phi) is 3.53. The molecule has 1 heterocycles. The largest absolute Gasteiger partial charge is 0.261 e. The smallest absolute Gasteiger partial charge is 0.235 e.